The van der Waals surface area contributed by atoms with Gasteiger partial charge in [-0.3, -0.25) is 5.32 Å². The van der Waals surface area contributed by atoms with E-state index in [0.717, 1.165) is 0 Å². The Kier molecular flexibility index (Phi) is 8.75. The first kappa shape index (κ1) is 27.2. The standard InChI is InChI=1S/C25H29Cl2N3O4/c1-24(2,3)33-22(31)29-21(30-23(32)34-25(4,5)6)19(15-11-13-16(26)14-12-15)20(28)17-9-7-8-10-18(17)27/h7-14H,28H2,1-6H3,(H,29,30,31,32)/b20-19-. The Labute approximate surface area is 209 Å². The van der Waals surface area contributed by atoms with Crippen molar-refractivity contribution in [1.29, 1.82) is 0 Å². The molecule has 0 unspecified atom stereocenters. The second kappa shape index (κ2) is 10.9. The van der Waals surface area contributed by atoms with Crippen LogP contribution in [0.3, 0.4) is 0 Å². The van der Waals surface area contributed by atoms with Crippen LogP contribution in [0.15, 0.2) is 53.5 Å². The summed E-state index contributed by atoms with van der Waals surface area (Å²) in [5, 5.41) is 3.41. The first-order valence-corrected chi connectivity index (χ1v) is 11.2. The molecule has 0 aliphatic rings. The van der Waals surface area contributed by atoms with Gasteiger partial charge in [0, 0.05) is 21.2 Å². The minimum absolute atomic E-state index is 0.164. The largest absolute Gasteiger partial charge is 0.444 e. The Morgan fingerprint density at radius 3 is 1.97 bits per heavy atom. The fourth-order valence-electron chi connectivity index (χ4n) is 2.77. The number of amidine groups is 1. The highest BCUT2D eigenvalue weighted by molar-refractivity contribution is 6.36. The van der Waals surface area contributed by atoms with Gasteiger partial charge in [-0.05, 0) is 65.3 Å². The van der Waals surface area contributed by atoms with E-state index in [-0.39, 0.29) is 17.1 Å². The fraction of sp³-hybridized carbons (Fsp3) is 0.320. The van der Waals surface area contributed by atoms with Crippen LogP contribution in [0.1, 0.15) is 52.7 Å². The fourth-order valence-corrected chi connectivity index (χ4v) is 3.14. The van der Waals surface area contributed by atoms with Crippen LogP contribution in [0.5, 0.6) is 0 Å². The van der Waals surface area contributed by atoms with Gasteiger partial charge in [0.1, 0.15) is 11.2 Å². The average molecular weight is 506 g/mol. The summed E-state index contributed by atoms with van der Waals surface area (Å²) in [6, 6.07) is 13.6. The molecule has 0 fully saturated rings. The van der Waals surface area contributed by atoms with Gasteiger partial charge in [-0.2, -0.15) is 4.99 Å². The zero-order chi connectivity index (χ0) is 25.7. The van der Waals surface area contributed by atoms with Crippen LogP contribution in [0, 0.1) is 0 Å². The lowest BCUT2D eigenvalue weighted by Gasteiger charge is -2.22. The van der Waals surface area contributed by atoms with Crippen molar-refractivity contribution in [2.24, 2.45) is 10.7 Å². The number of aliphatic imine (C=N–C) groups is 1. The number of carbonyl (C=O) groups excluding carboxylic acids is 2. The van der Waals surface area contributed by atoms with Gasteiger partial charge in [0.15, 0.2) is 5.84 Å². The summed E-state index contributed by atoms with van der Waals surface area (Å²) in [6.07, 6.45) is -1.75. The van der Waals surface area contributed by atoms with E-state index in [1.807, 2.05) is 0 Å². The van der Waals surface area contributed by atoms with Crippen LogP contribution in [0.4, 0.5) is 9.59 Å². The first-order chi connectivity index (χ1) is 15.7. The molecule has 0 bridgehead atoms. The van der Waals surface area contributed by atoms with Crippen molar-refractivity contribution in [3.05, 3.63) is 69.7 Å². The Morgan fingerprint density at radius 1 is 0.882 bits per heavy atom. The molecule has 3 N–H and O–H groups in total. The number of hydrogen-bond acceptors (Lipinski definition) is 5. The van der Waals surface area contributed by atoms with Gasteiger partial charge in [-0.15, -0.1) is 0 Å². The van der Waals surface area contributed by atoms with E-state index >= 15 is 0 Å². The number of nitrogens with one attached hydrogen (secondary N) is 1. The molecule has 0 saturated carbocycles. The van der Waals surface area contributed by atoms with Crippen molar-refractivity contribution >= 4 is 52.5 Å². The Balaban J connectivity index is 2.75. The number of nitrogens with zero attached hydrogens (tertiary/aromatic N) is 1. The van der Waals surface area contributed by atoms with Gasteiger partial charge >= 0.3 is 12.2 Å². The molecule has 182 valence electrons. The molecule has 0 aromatic heterocycles. The highest BCUT2D eigenvalue weighted by atomic mass is 35.5. The van der Waals surface area contributed by atoms with Crippen molar-refractivity contribution in [2.75, 3.05) is 0 Å². The van der Waals surface area contributed by atoms with Crippen molar-refractivity contribution in [3.63, 3.8) is 0 Å². The maximum Gasteiger partial charge on any atom is 0.436 e. The third-order valence-electron chi connectivity index (χ3n) is 4.02. The molecule has 7 nitrogen and oxygen atoms in total. The summed E-state index contributed by atoms with van der Waals surface area (Å²) in [7, 11) is 0. The predicted molar refractivity (Wildman–Crippen MR) is 137 cm³/mol. The maximum atomic E-state index is 12.7. The molecule has 0 radical (unpaired) electrons. The van der Waals surface area contributed by atoms with Crippen molar-refractivity contribution in [1.82, 2.24) is 5.32 Å². The van der Waals surface area contributed by atoms with Crippen LogP contribution in [-0.4, -0.2) is 29.2 Å². The van der Waals surface area contributed by atoms with E-state index in [2.05, 4.69) is 10.3 Å². The van der Waals surface area contributed by atoms with Gasteiger partial charge in [0.2, 0.25) is 0 Å². The van der Waals surface area contributed by atoms with Crippen LogP contribution < -0.4 is 11.1 Å². The predicted octanol–water partition coefficient (Wildman–Crippen LogP) is 6.68. The summed E-state index contributed by atoms with van der Waals surface area (Å²) >= 11 is 12.5. The molecule has 9 heteroatoms. The van der Waals surface area contributed by atoms with Crippen LogP contribution >= 0.6 is 23.2 Å². The highest BCUT2D eigenvalue weighted by Gasteiger charge is 2.25. The number of rotatable bonds is 3. The minimum Gasteiger partial charge on any atom is -0.444 e. The average Bonchev–Trinajstić information content (AvgIpc) is 2.66. The van der Waals surface area contributed by atoms with Crippen molar-refractivity contribution in [2.45, 2.75) is 52.7 Å². The van der Waals surface area contributed by atoms with Gasteiger partial charge in [0.05, 0.1) is 5.70 Å². The van der Waals surface area contributed by atoms with E-state index < -0.39 is 23.4 Å². The third-order valence-corrected chi connectivity index (χ3v) is 4.60. The van der Waals surface area contributed by atoms with Crippen molar-refractivity contribution in [3.8, 4) is 0 Å². The monoisotopic (exact) mass is 505 g/mol. The lowest BCUT2D eigenvalue weighted by atomic mass is 9.98. The number of halogens is 2. The maximum absolute atomic E-state index is 12.7. The Hall–Kier alpha value is -3.03. The summed E-state index contributed by atoms with van der Waals surface area (Å²) in [6.45, 7) is 10.3. The molecular formula is C25H29Cl2N3O4. The second-order valence-corrected chi connectivity index (χ2v) is 10.2. The molecule has 0 aliphatic carbocycles. The number of amides is 2. The highest BCUT2D eigenvalue weighted by Crippen LogP contribution is 2.29. The van der Waals surface area contributed by atoms with Crippen LogP contribution in [-0.2, 0) is 9.47 Å². The summed E-state index contributed by atoms with van der Waals surface area (Å²) < 4.78 is 10.7. The van der Waals surface area contributed by atoms with Gasteiger partial charge in [-0.1, -0.05) is 53.5 Å². The number of ether oxygens (including phenoxy) is 2. The first-order valence-electron chi connectivity index (χ1n) is 10.5. The number of carbonyl (C=O) groups is 2. The molecule has 0 atom stereocenters. The Morgan fingerprint density at radius 2 is 1.44 bits per heavy atom. The van der Waals surface area contributed by atoms with Gasteiger partial charge in [-0.25, -0.2) is 9.59 Å². The van der Waals surface area contributed by atoms with Gasteiger partial charge < -0.3 is 15.2 Å². The molecule has 2 aromatic carbocycles. The molecule has 0 heterocycles. The lowest BCUT2D eigenvalue weighted by Crippen LogP contribution is -2.38. The summed E-state index contributed by atoms with van der Waals surface area (Å²) in [5.41, 5.74) is 6.37. The minimum atomic E-state index is -0.919. The molecule has 34 heavy (non-hydrogen) atoms. The second-order valence-electron chi connectivity index (χ2n) is 9.34. The summed E-state index contributed by atoms with van der Waals surface area (Å²) in [5.74, 6) is -0.164. The number of alkyl carbamates (subject to hydrolysis) is 1. The summed E-state index contributed by atoms with van der Waals surface area (Å²) in [4.78, 5) is 29.4. The SMILES string of the molecule is CC(C)(C)OC(=O)/N=C(NC(=O)OC(C)(C)C)/C(=C(\N)c1ccccc1Cl)c1ccc(Cl)cc1. The van der Waals surface area contributed by atoms with Crippen LogP contribution in [0.2, 0.25) is 10.0 Å². The number of hydrogen-bond donors (Lipinski definition) is 2. The van der Waals surface area contributed by atoms with E-state index in [1.54, 1.807) is 90.1 Å². The molecular weight excluding hydrogens is 477 g/mol. The smallest absolute Gasteiger partial charge is 0.436 e. The lowest BCUT2D eigenvalue weighted by molar-refractivity contribution is 0.0563. The van der Waals surface area contributed by atoms with Crippen LogP contribution in [0.25, 0.3) is 11.3 Å². The van der Waals surface area contributed by atoms with E-state index in [0.29, 0.717) is 21.2 Å². The zero-order valence-electron chi connectivity index (χ0n) is 20.0. The Bertz CT molecular complexity index is 1110. The quantitative estimate of drug-likeness (QED) is 0.275. The molecule has 2 rings (SSSR count). The topological polar surface area (TPSA) is 103 Å². The number of benzene rings is 2. The molecule has 2 amide bonds. The molecule has 0 aliphatic heterocycles. The molecule has 0 saturated heterocycles. The van der Waals surface area contributed by atoms with Crippen molar-refractivity contribution < 1.29 is 19.1 Å². The molecule has 0 spiro atoms. The normalized spacial score (nSPS) is 13.1. The van der Waals surface area contributed by atoms with E-state index in [4.69, 9.17) is 38.4 Å². The number of nitrogens with two attached hydrogens (primary N) is 1. The van der Waals surface area contributed by atoms with E-state index in [1.165, 1.54) is 0 Å². The third kappa shape index (κ3) is 8.39. The zero-order valence-corrected chi connectivity index (χ0v) is 21.5. The molecule has 2 aromatic rings. The van der Waals surface area contributed by atoms with Gasteiger partial charge in [0.25, 0.3) is 0 Å². The van der Waals surface area contributed by atoms with E-state index in [9.17, 15) is 9.59 Å².